The summed E-state index contributed by atoms with van der Waals surface area (Å²) in [5.74, 6) is 0.825. The number of carboxylic acid groups (broad SMARTS) is 1. The van der Waals surface area contributed by atoms with Gasteiger partial charge in [0.15, 0.2) is 5.75 Å². The van der Waals surface area contributed by atoms with E-state index < -0.39 is 11.6 Å². The van der Waals surface area contributed by atoms with Crippen molar-refractivity contribution in [1.29, 1.82) is 0 Å². The highest BCUT2D eigenvalue weighted by Crippen LogP contribution is 2.38. The van der Waals surface area contributed by atoms with Crippen LogP contribution < -0.4 is 4.74 Å². The Labute approximate surface area is 180 Å². The van der Waals surface area contributed by atoms with E-state index in [2.05, 4.69) is 4.90 Å². The normalized spacial score (nSPS) is 15.8. The zero-order chi connectivity index (χ0) is 22.2. The second-order valence-electron chi connectivity index (χ2n) is 8.48. The Balaban J connectivity index is 1.63. The molecule has 1 saturated heterocycles. The van der Waals surface area contributed by atoms with Gasteiger partial charge in [-0.05, 0) is 51.1 Å². The van der Waals surface area contributed by atoms with Gasteiger partial charge < -0.3 is 24.4 Å². The number of hydrogen-bond acceptors (Lipinski definition) is 6. The molecule has 2 aliphatic heterocycles. The summed E-state index contributed by atoms with van der Waals surface area (Å²) in [4.78, 5) is 32.4. The second kappa shape index (κ2) is 7.94. The van der Waals surface area contributed by atoms with E-state index in [9.17, 15) is 14.7 Å². The molecule has 8 heteroatoms. The molecule has 0 aromatic heterocycles. The summed E-state index contributed by atoms with van der Waals surface area (Å²) in [7, 11) is 0. The Morgan fingerprint density at radius 2 is 1.74 bits per heavy atom. The molecule has 8 nitrogen and oxygen atoms in total. The van der Waals surface area contributed by atoms with Gasteiger partial charge in [-0.1, -0.05) is 12.1 Å². The van der Waals surface area contributed by atoms with Crippen LogP contribution in [-0.4, -0.2) is 64.6 Å². The van der Waals surface area contributed by atoms with Gasteiger partial charge in [-0.25, -0.2) is 14.6 Å². The van der Waals surface area contributed by atoms with Crippen molar-refractivity contribution in [2.45, 2.75) is 26.4 Å². The number of piperazine rings is 1. The van der Waals surface area contributed by atoms with Crippen LogP contribution in [0.5, 0.6) is 11.5 Å². The number of aromatic carboxylic acids is 1. The lowest BCUT2D eigenvalue weighted by Crippen LogP contribution is -2.51. The first-order valence-electron chi connectivity index (χ1n) is 10.2. The topological polar surface area (TPSA) is 91.7 Å². The van der Waals surface area contributed by atoms with E-state index in [0.717, 1.165) is 5.56 Å². The number of fused-ring (bicyclic) bond motifs is 2. The average molecular weight is 423 g/mol. The Kier molecular flexibility index (Phi) is 5.31. The minimum absolute atomic E-state index is 0.145. The molecule has 4 rings (SSSR count). The third kappa shape index (κ3) is 4.47. The predicted molar refractivity (Wildman–Crippen MR) is 115 cm³/mol. The fourth-order valence-corrected chi connectivity index (χ4v) is 3.53. The lowest BCUT2D eigenvalue weighted by Gasteiger charge is -2.37. The quantitative estimate of drug-likeness (QED) is 0.742. The fraction of sp³-hybridized carbons (Fsp3) is 0.348. The lowest BCUT2D eigenvalue weighted by atomic mass is 10.1. The Morgan fingerprint density at radius 3 is 2.42 bits per heavy atom. The molecule has 0 radical (unpaired) electrons. The van der Waals surface area contributed by atoms with Crippen LogP contribution in [0.3, 0.4) is 0 Å². The molecule has 1 fully saturated rings. The maximum absolute atomic E-state index is 12.4. The average Bonchev–Trinajstić information content (AvgIpc) is 2.88. The van der Waals surface area contributed by atoms with Crippen LogP contribution in [0, 0.1) is 0 Å². The Hall–Kier alpha value is -3.55. The number of para-hydroxylation sites is 1. The van der Waals surface area contributed by atoms with Crippen LogP contribution in [0.1, 0.15) is 36.7 Å². The maximum Gasteiger partial charge on any atom is 0.410 e. The van der Waals surface area contributed by atoms with Gasteiger partial charge >= 0.3 is 12.1 Å². The number of carbonyl (C=O) groups is 2. The molecule has 2 heterocycles. The molecule has 0 aliphatic carbocycles. The number of carbonyl (C=O) groups excluding carboxylic acids is 1. The first kappa shape index (κ1) is 20.7. The number of ether oxygens (including phenoxy) is 2. The molecular weight excluding hydrogens is 398 g/mol. The number of benzene rings is 2. The van der Waals surface area contributed by atoms with E-state index in [1.807, 2.05) is 45.0 Å². The summed E-state index contributed by atoms with van der Waals surface area (Å²) in [6, 6.07) is 12.2. The van der Waals surface area contributed by atoms with Crippen molar-refractivity contribution in [2.75, 3.05) is 26.2 Å². The molecule has 0 unspecified atom stereocenters. The monoisotopic (exact) mass is 423 g/mol. The molecule has 2 aromatic carbocycles. The second-order valence-corrected chi connectivity index (χ2v) is 8.48. The molecular formula is C23H25N3O5. The van der Waals surface area contributed by atoms with E-state index in [4.69, 9.17) is 14.5 Å². The van der Waals surface area contributed by atoms with E-state index in [0.29, 0.717) is 49.2 Å². The van der Waals surface area contributed by atoms with Crippen molar-refractivity contribution >= 4 is 23.6 Å². The van der Waals surface area contributed by atoms with Crippen molar-refractivity contribution in [1.82, 2.24) is 9.80 Å². The first-order chi connectivity index (χ1) is 14.7. The van der Waals surface area contributed by atoms with E-state index >= 15 is 0 Å². The SMILES string of the molecule is CC(C)(C)OC(=O)N1CCN(C2=Nc3cc(C(=O)O)ccc3Oc3ccccc32)CC1. The number of amides is 1. The van der Waals surface area contributed by atoms with Crippen LogP contribution in [0.2, 0.25) is 0 Å². The number of nitrogens with zero attached hydrogens (tertiary/aromatic N) is 3. The van der Waals surface area contributed by atoms with Gasteiger partial charge in [0.2, 0.25) is 0 Å². The summed E-state index contributed by atoms with van der Waals surface area (Å²) in [6.07, 6.45) is -0.324. The first-order valence-corrected chi connectivity index (χ1v) is 10.2. The van der Waals surface area contributed by atoms with E-state index in [-0.39, 0.29) is 11.7 Å². The van der Waals surface area contributed by atoms with Crippen LogP contribution in [-0.2, 0) is 4.74 Å². The summed E-state index contributed by atoms with van der Waals surface area (Å²) < 4.78 is 11.5. The molecule has 162 valence electrons. The van der Waals surface area contributed by atoms with Gasteiger partial charge in [0, 0.05) is 26.2 Å². The predicted octanol–water partition coefficient (Wildman–Crippen LogP) is 4.12. The highest BCUT2D eigenvalue weighted by Gasteiger charge is 2.29. The summed E-state index contributed by atoms with van der Waals surface area (Å²) in [6.45, 7) is 7.68. The van der Waals surface area contributed by atoms with Crippen molar-refractivity contribution in [2.24, 2.45) is 4.99 Å². The molecule has 2 aromatic rings. The standard InChI is InChI=1S/C23H25N3O5/c1-23(2,3)31-22(29)26-12-10-25(11-13-26)20-16-6-4-5-7-18(16)30-19-9-8-15(21(27)28)14-17(19)24-20/h4-9,14H,10-13H2,1-3H3,(H,27,28). The van der Waals surface area contributed by atoms with Crippen molar-refractivity contribution in [3.8, 4) is 11.5 Å². The summed E-state index contributed by atoms with van der Waals surface area (Å²) in [5, 5.41) is 9.36. The minimum Gasteiger partial charge on any atom is -0.478 e. The number of amidine groups is 1. The third-order valence-electron chi connectivity index (χ3n) is 5.01. The van der Waals surface area contributed by atoms with Crippen molar-refractivity contribution in [3.05, 3.63) is 53.6 Å². The molecule has 31 heavy (non-hydrogen) atoms. The number of hydrogen-bond donors (Lipinski definition) is 1. The van der Waals surface area contributed by atoms with Crippen molar-refractivity contribution in [3.63, 3.8) is 0 Å². The molecule has 0 saturated carbocycles. The highest BCUT2D eigenvalue weighted by atomic mass is 16.6. The maximum atomic E-state index is 12.4. The van der Waals surface area contributed by atoms with Gasteiger partial charge in [0.05, 0.1) is 11.1 Å². The Morgan fingerprint density at radius 1 is 1.03 bits per heavy atom. The van der Waals surface area contributed by atoms with Gasteiger partial charge in [-0.15, -0.1) is 0 Å². The summed E-state index contributed by atoms with van der Waals surface area (Å²) >= 11 is 0. The van der Waals surface area contributed by atoms with Crippen LogP contribution in [0.25, 0.3) is 0 Å². The summed E-state index contributed by atoms with van der Waals surface area (Å²) in [5.41, 5.74) is 0.884. The van der Waals surface area contributed by atoms with Crippen LogP contribution in [0.15, 0.2) is 47.5 Å². The van der Waals surface area contributed by atoms with Gasteiger partial charge in [-0.3, -0.25) is 0 Å². The molecule has 1 amide bonds. The highest BCUT2D eigenvalue weighted by molar-refractivity contribution is 6.04. The molecule has 2 aliphatic rings. The Bertz CT molecular complexity index is 1050. The zero-order valence-corrected chi connectivity index (χ0v) is 17.8. The minimum atomic E-state index is -1.02. The van der Waals surface area contributed by atoms with Crippen LogP contribution >= 0.6 is 0 Å². The molecule has 0 spiro atoms. The molecule has 1 N–H and O–H groups in total. The van der Waals surface area contributed by atoms with E-state index in [1.165, 1.54) is 12.1 Å². The third-order valence-corrected chi connectivity index (χ3v) is 5.01. The van der Waals surface area contributed by atoms with Gasteiger partial charge in [0.1, 0.15) is 22.9 Å². The van der Waals surface area contributed by atoms with Crippen LogP contribution in [0.4, 0.5) is 10.5 Å². The van der Waals surface area contributed by atoms with Gasteiger partial charge in [-0.2, -0.15) is 0 Å². The lowest BCUT2D eigenvalue weighted by molar-refractivity contribution is 0.0187. The number of carboxylic acids is 1. The molecule has 0 bridgehead atoms. The smallest absolute Gasteiger partial charge is 0.410 e. The van der Waals surface area contributed by atoms with Crippen molar-refractivity contribution < 1.29 is 24.2 Å². The fourth-order valence-electron chi connectivity index (χ4n) is 3.53. The number of aliphatic imine (C=N–C) groups is 1. The van der Waals surface area contributed by atoms with E-state index in [1.54, 1.807) is 11.0 Å². The molecule has 0 atom stereocenters. The van der Waals surface area contributed by atoms with Gasteiger partial charge in [0.25, 0.3) is 0 Å². The number of rotatable bonds is 1. The largest absolute Gasteiger partial charge is 0.478 e. The zero-order valence-electron chi connectivity index (χ0n) is 17.8.